The van der Waals surface area contributed by atoms with Gasteiger partial charge in [-0.2, -0.15) is 0 Å². The number of rotatable bonds is 7. The van der Waals surface area contributed by atoms with Gasteiger partial charge in [0.2, 0.25) is 0 Å². The fourth-order valence-electron chi connectivity index (χ4n) is 2.59. The Morgan fingerprint density at radius 2 is 2.10 bits per heavy atom. The predicted octanol–water partition coefficient (Wildman–Crippen LogP) is 4.26. The molecule has 0 aliphatic heterocycles. The topological polar surface area (TPSA) is 29.9 Å². The minimum atomic E-state index is 0.300. The Kier molecular flexibility index (Phi) is 6.00. The molecule has 0 aliphatic carbocycles. The van der Waals surface area contributed by atoms with E-state index >= 15 is 0 Å². The van der Waals surface area contributed by atoms with Crippen LogP contribution >= 0.6 is 15.9 Å². The minimum absolute atomic E-state index is 0.300. The van der Waals surface area contributed by atoms with Crippen molar-refractivity contribution in [1.29, 1.82) is 0 Å². The molecule has 114 valence electrons. The van der Waals surface area contributed by atoms with Crippen molar-refractivity contribution in [2.24, 2.45) is 0 Å². The average Bonchev–Trinajstić information content (AvgIpc) is 2.89. The smallest absolute Gasteiger partial charge is 0.110 e. The van der Waals surface area contributed by atoms with Crippen LogP contribution in [0.2, 0.25) is 0 Å². The zero-order valence-corrected chi connectivity index (χ0v) is 14.7. The molecule has 4 heteroatoms. The van der Waals surface area contributed by atoms with Crippen molar-refractivity contribution in [1.82, 2.24) is 14.9 Å². The van der Waals surface area contributed by atoms with Crippen LogP contribution in [0, 0.1) is 6.92 Å². The lowest BCUT2D eigenvalue weighted by Gasteiger charge is -2.20. The zero-order valence-electron chi connectivity index (χ0n) is 13.1. The van der Waals surface area contributed by atoms with Crippen molar-refractivity contribution in [3.8, 4) is 0 Å². The van der Waals surface area contributed by atoms with Gasteiger partial charge in [0.15, 0.2) is 0 Å². The first kappa shape index (κ1) is 16.2. The third kappa shape index (κ3) is 4.42. The van der Waals surface area contributed by atoms with E-state index in [1.54, 1.807) is 0 Å². The monoisotopic (exact) mass is 349 g/mol. The molecule has 21 heavy (non-hydrogen) atoms. The number of hydrogen-bond acceptors (Lipinski definition) is 2. The Labute approximate surface area is 135 Å². The zero-order chi connectivity index (χ0) is 15.2. The maximum Gasteiger partial charge on any atom is 0.110 e. The van der Waals surface area contributed by atoms with Crippen LogP contribution in [0.4, 0.5) is 0 Å². The molecule has 0 amide bonds. The van der Waals surface area contributed by atoms with Gasteiger partial charge in [0.05, 0.1) is 0 Å². The molecule has 1 atom stereocenters. The molecule has 0 saturated carbocycles. The number of aryl methyl sites for hydroxylation is 2. The van der Waals surface area contributed by atoms with Crippen molar-refractivity contribution in [3.05, 3.63) is 52.0 Å². The number of halogens is 1. The third-order valence-electron chi connectivity index (χ3n) is 3.64. The summed E-state index contributed by atoms with van der Waals surface area (Å²) in [5.41, 5.74) is 2.60. The highest BCUT2D eigenvalue weighted by atomic mass is 79.9. The van der Waals surface area contributed by atoms with E-state index in [2.05, 4.69) is 76.0 Å². The standard InChI is InChI=1S/C17H24BrN3/c1-4-6-19-16(12-17-20-7-8-21(17)5-2)14-9-13(3)10-15(18)11-14/h7-11,16,19H,4-6,12H2,1-3H3. The lowest BCUT2D eigenvalue weighted by molar-refractivity contribution is 0.506. The van der Waals surface area contributed by atoms with Gasteiger partial charge in [-0.3, -0.25) is 0 Å². The summed E-state index contributed by atoms with van der Waals surface area (Å²) in [6.07, 6.45) is 5.99. The average molecular weight is 350 g/mol. The molecule has 1 heterocycles. The quantitative estimate of drug-likeness (QED) is 0.809. The molecule has 3 nitrogen and oxygen atoms in total. The van der Waals surface area contributed by atoms with Crippen molar-refractivity contribution in [2.75, 3.05) is 6.54 Å². The lowest BCUT2D eigenvalue weighted by Crippen LogP contribution is -2.25. The molecule has 0 bridgehead atoms. The van der Waals surface area contributed by atoms with Gasteiger partial charge in [0, 0.05) is 35.9 Å². The van der Waals surface area contributed by atoms with E-state index < -0.39 is 0 Å². The lowest BCUT2D eigenvalue weighted by atomic mass is 10.0. The van der Waals surface area contributed by atoms with Gasteiger partial charge in [0.25, 0.3) is 0 Å². The first-order chi connectivity index (χ1) is 10.1. The third-order valence-corrected chi connectivity index (χ3v) is 4.09. The molecule has 0 fully saturated rings. The highest BCUT2D eigenvalue weighted by Gasteiger charge is 2.15. The molecular weight excluding hydrogens is 326 g/mol. The van der Waals surface area contributed by atoms with Gasteiger partial charge in [-0.25, -0.2) is 4.98 Å². The first-order valence-corrected chi connectivity index (χ1v) is 8.43. The molecule has 1 aromatic heterocycles. The number of hydrogen-bond donors (Lipinski definition) is 1. The SMILES string of the molecule is CCCNC(Cc1nccn1CC)c1cc(C)cc(Br)c1. The second kappa shape index (κ2) is 7.76. The molecule has 0 radical (unpaired) electrons. The summed E-state index contributed by atoms with van der Waals surface area (Å²) in [4.78, 5) is 4.52. The second-order valence-corrected chi connectivity index (χ2v) is 6.32. The van der Waals surface area contributed by atoms with Crippen molar-refractivity contribution >= 4 is 15.9 Å². The Morgan fingerprint density at radius 1 is 1.29 bits per heavy atom. The van der Waals surface area contributed by atoms with Crippen molar-refractivity contribution < 1.29 is 0 Å². The van der Waals surface area contributed by atoms with E-state index in [0.29, 0.717) is 6.04 Å². The minimum Gasteiger partial charge on any atom is -0.335 e. The molecule has 1 unspecified atom stereocenters. The summed E-state index contributed by atoms with van der Waals surface area (Å²) in [7, 11) is 0. The van der Waals surface area contributed by atoms with Crippen LogP contribution in [0.1, 0.15) is 43.3 Å². The molecule has 2 aromatic rings. The number of benzene rings is 1. The predicted molar refractivity (Wildman–Crippen MR) is 91.5 cm³/mol. The summed E-state index contributed by atoms with van der Waals surface area (Å²) < 4.78 is 3.35. The fourth-order valence-corrected chi connectivity index (χ4v) is 3.22. The maximum absolute atomic E-state index is 4.52. The molecule has 0 spiro atoms. The van der Waals surface area contributed by atoms with Crippen LogP contribution in [-0.4, -0.2) is 16.1 Å². The summed E-state index contributed by atoms with van der Waals surface area (Å²) >= 11 is 3.61. The van der Waals surface area contributed by atoms with E-state index in [9.17, 15) is 0 Å². The van der Waals surface area contributed by atoms with Crippen LogP contribution in [0.15, 0.2) is 35.1 Å². The Hall–Kier alpha value is -1.13. The van der Waals surface area contributed by atoms with Gasteiger partial charge in [-0.05, 0) is 50.1 Å². The van der Waals surface area contributed by atoms with Crippen molar-refractivity contribution in [2.45, 2.75) is 46.2 Å². The van der Waals surface area contributed by atoms with E-state index in [4.69, 9.17) is 0 Å². The van der Waals surface area contributed by atoms with E-state index in [-0.39, 0.29) is 0 Å². The molecular formula is C17H24BrN3. The largest absolute Gasteiger partial charge is 0.335 e. The van der Waals surface area contributed by atoms with Gasteiger partial charge in [0.1, 0.15) is 5.82 Å². The maximum atomic E-state index is 4.52. The first-order valence-electron chi connectivity index (χ1n) is 7.64. The van der Waals surface area contributed by atoms with Crippen LogP contribution in [0.25, 0.3) is 0 Å². The second-order valence-electron chi connectivity index (χ2n) is 5.40. The van der Waals surface area contributed by atoms with Crippen LogP contribution < -0.4 is 5.32 Å². The van der Waals surface area contributed by atoms with Crippen LogP contribution in [-0.2, 0) is 13.0 Å². The summed E-state index contributed by atoms with van der Waals surface area (Å²) in [6, 6.07) is 6.92. The van der Waals surface area contributed by atoms with Gasteiger partial charge in [-0.15, -0.1) is 0 Å². The molecule has 1 aromatic carbocycles. The number of nitrogens with one attached hydrogen (secondary N) is 1. The summed E-state index contributed by atoms with van der Waals surface area (Å²) in [6.45, 7) is 8.47. The Morgan fingerprint density at radius 3 is 2.76 bits per heavy atom. The van der Waals surface area contributed by atoms with E-state index in [0.717, 1.165) is 36.2 Å². The van der Waals surface area contributed by atoms with Crippen molar-refractivity contribution in [3.63, 3.8) is 0 Å². The van der Waals surface area contributed by atoms with E-state index in [1.165, 1.54) is 11.1 Å². The van der Waals surface area contributed by atoms with Gasteiger partial charge in [-0.1, -0.05) is 28.9 Å². The number of imidazole rings is 1. The Balaban J connectivity index is 2.25. The molecule has 2 rings (SSSR count). The highest BCUT2D eigenvalue weighted by Crippen LogP contribution is 2.23. The number of nitrogens with zero attached hydrogens (tertiary/aromatic N) is 2. The summed E-state index contributed by atoms with van der Waals surface area (Å²) in [5, 5.41) is 3.66. The normalized spacial score (nSPS) is 12.6. The number of aromatic nitrogens is 2. The summed E-state index contributed by atoms with van der Waals surface area (Å²) in [5.74, 6) is 1.14. The van der Waals surface area contributed by atoms with Crippen LogP contribution in [0.3, 0.4) is 0 Å². The fraction of sp³-hybridized carbons (Fsp3) is 0.471. The highest BCUT2D eigenvalue weighted by molar-refractivity contribution is 9.10. The molecule has 0 saturated heterocycles. The van der Waals surface area contributed by atoms with Gasteiger partial charge >= 0.3 is 0 Å². The molecule has 1 N–H and O–H groups in total. The van der Waals surface area contributed by atoms with Crippen LogP contribution in [0.5, 0.6) is 0 Å². The Bertz CT molecular complexity index is 557. The van der Waals surface area contributed by atoms with Gasteiger partial charge < -0.3 is 9.88 Å². The van der Waals surface area contributed by atoms with E-state index in [1.807, 2.05) is 6.20 Å². The molecule has 0 aliphatic rings.